The molecule has 7 nitrogen and oxygen atoms in total. The van der Waals surface area contributed by atoms with Crippen LogP contribution in [0.5, 0.6) is 0 Å². The molecule has 2 heterocycles. The van der Waals surface area contributed by atoms with Crippen molar-refractivity contribution in [2.75, 3.05) is 33.4 Å². The van der Waals surface area contributed by atoms with Crippen LogP contribution in [-0.4, -0.2) is 55.6 Å². The summed E-state index contributed by atoms with van der Waals surface area (Å²) >= 11 is 0. The number of aryl methyl sites for hydroxylation is 1. The van der Waals surface area contributed by atoms with Crippen LogP contribution in [0.3, 0.4) is 0 Å². The Morgan fingerprint density at radius 3 is 2.59 bits per heavy atom. The van der Waals surface area contributed by atoms with E-state index in [0.29, 0.717) is 38.7 Å². The summed E-state index contributed by atoms with van der Waals surface area (Å²) in [6.07, 6.45) is 3.46. The fraction of sp³-hybridized carbons (Fsp3) is 0.786. The third-order valence-electron chi connectivity index (χ3n) is 4.30. The van der Waals surface area contributed by atoms with Gasteiger partial charge in [-0.2, -0.15) is 12.7 Å². The predicted octanol–water partition coefficient (Wildman–Crippen LogP) is 0.693. The van der Waals surface area contributed by atoms with Gasteiger partial charge < -0.3 is 9.30 Å². The molecule has 0 amide bonds. The molecule has 0 saturated carbocycles. The van der Waals surface area contributed by atoms with E-state index < -0.39 is 10.2 Å². The largest absolute Gasteiger partial charge is 0.384 e. The molecule has 1 fully saturated rings. The highest BCUT2D eigenvalue weighted by Crippen LogP contribution is 2.19. The van der Waals surface area contributed by atoms with Gasteiger partial charge in [0.25, 0.3) is 10.2 Å². The van der Waals surface area contributed by atoms with Crippen LogP contribution in [0.15, 0.2) is 6.33 Å². The van der Waals surface area contributed by atoms with Crippen molar-refractivity contribution in [1.29, 1.82) is 0 Å². The van der Waals surface area contributed by atoms with E-state index in [0.717, 1.165) is 24.2 Å². The molecule has 0 atom stereocenters. The molecule has 1 aromatic heterocycles. The lowest BCUT2D eigenvalue weighted by Crippen LogP contribution is -2.46. The molecule has 1 aliphatic heterocycles. The second-order valence-corrected chi connectivity index (χ2v) is 7.56. The monoisotopic (exact) mass is 330 g/mol. The third kappa shape index (κ3) is 4.28. The molecule has 8 heteroatoms. The van der Waals surface area contributed by atoms with Gasteiger partial charge in [-0.3, -0.25) is 0 Å². The van der Waals surface area contributed by atoms with Crippen LogP contribution in [0.4, 0.5) is 0 Å². The number of methoxy groups -OCH3 is 1. The van der Waals surface area contributed by atoms with Gasteiger partial charge in [0.05, 0.1) is 12.0 Å². The van der Waals surface area contributed by atoms with E-state index in [4.69, 9.17) is 4.74 Å². The molecule has 1 N–H and O–H groups in total. The van der Waals surface area contributed by atoms with Gasteiger partial charge in [0.1, 0.15) is 0 Å². The van der Waals surface area contributed by atoms with Crippen molar-refractivity contribution in [3.05, 3.63) is 17.7 Å². The SMILES string of the molecule is COCC1CCN(S(=O)(=O)NCCn2cnc(C)c2C)CC1. The fourth-order valence-corrected chi connectivity index (χ4v) is 3.93. The van der Waals surface area contributed by atoms with Crippen molar-refractivity contribution in [2.24, 2.45) is 5.92 Å². The van der Waals surface area contributed by atoms with E-state index in [-0.39, 0.29) is 0 Å². The van der Waals surface area contributed by atoms with Gasteiger partial charge in [-0.15, -0.1) is 0 Å². The molecule has 0 bridgehead atoms. The Bertz CT molecular complexity index is 577. The average Bonchev–Trinajstić information content (AvgIpc) is 2.80. The zero-order valence-corrected chi connectivity index (χ0v) is 14.4. The Hall–Kier alpha value is -0.960. The molecule has 2 rings (SSSR count). The van der Waals surface area contributed by atoms with Crippen molar-refractivity contribution in [1.82, 2.24) is 18.6 Å². The Balaban J connectivity index is 1.80. The topological polar surface area (TPSA) is 76.5 Å². The lowest BCUT2D eigenvalue weighted by atomic mass is 9.99. The number of nitrogens with zero attached hydrogens (tertiary/aromatic N) is 3. The number of aromatic nitrogens is 2. The van der Waals surface area contributed by atoms with Gasteiger partial charge in [-0.05, 0) is 32.6 Å². The summed E-state index contributed by atoms with van der Waals surface area (Å²) in [5.74, 6) is 0.466. The van der Waals surface area contributed by atoms with Crippen LogP contribution < -0.4 is 4.72 Å². The molecule has 0 aromatic carbocycles. The van der Waals surface area contributed by atoms with Crippen molar-refractivity contribution >= 4 is 10.2 Å². The molecular formula is C14H26N4O3S. The molecule has 1 saturated heterocycles. The maximum Gasteiger partial charge on any atom is 0.279 e. The molecule has 22 heavy (non-hydrogen) atoms. The second kappa shape index (κ2) is 7.54. The van der Waals surface area contributed by atoms with Crippen LogP contribution in [0, 0.1) is 19.8 Å². The van der Waals surface area contributed by atoms with Gasteiger partial charge in [-0.25, -0.2) is 9.71 Å². The summed E-state index contributed by atoms with van der Waals surface area (Å²) in [5, 5.41) is 0. The quantitative estimate of drug-likeness (QED) is 0.798. The van der Waals surface area contributed by atoms with Crippen molar-refractivity contribution < 1.29 is 13.2 Å². The normalized spacial score (nSPS) is 18.0. The fourth-order valence-electron chi connectivity index (χ4n) is 2.71. The van der Waals surface area contributed by atoms with Crippen LogP contribution in [0.1, 0.15) is 24.2 Å². The number of piperidine rings is 1. The first-order valence-electron chi connectivity index (χ1n) is 7.66. The average molecular weight is 330 g/mol. The molecular weight excluding hydrogens is 304 g/mol. The second-order valence-electron chi connectivity index (χ2n) is 5.81. The number of hydrogen-bond donors (Lipinski definition) is 1. The number of ether oxygens (including phenoxy) is 1. The zero-order valence-electron chi connectivity index (χ0n) is 13.6. The first-order chi connectivity index (χ1) is 10.4. The summed E-state index contributed by atoms with van der Waals surface area (Å²) in [6, 6.07) is 0. The van der Waals surface area contributed by atoms with Gasteiger partial charge in [0, 0.05) is 45.6 Å². The lowest BCUT2D eigenvalue weighted by molar-refractivity contribution is 0.121. The highest BCUT2D eigenvalue weighted by Gasteiger charge is 2.27. The first kappa shape index (κ1) is 17.4. The van der Waals surface area contributed by atoms with Crippen molar-refractivity contribution in [3.63, 3.8) is 0 Å². The summed E-state index contributed by atoms with van der Waals surface area (Å²) in [4.78, 5) is 4.21. The Labute approximate surface area is 132 Å². The smallest absolute Gasteiger partial charge is 0.279 e. The molecule has 0 radical (unpaired) electrons. The van der Waals surface area contributed by atoms with Crippen LogP contribution in [0.2, 0.25) is 0 Å². The zero-order chi connectivity index (χ0) is 16.2. The maximum absolute atomic E-state index is 12.3. The van der Waals surface area contributed by atoms with Gasteiger partial charge in [-0.1, -0.05) is 0 Å². The Morgan fingerprint density at radius 1 is 1.36 bits per heavy atom. The maximum atomic E-state index is 12.3. The van der Waals surface area contributed by atoms with E-state index in [1.807, 2.05) is 18.4 Å². The van der Waals surface area contributed by atoms with E-state index in [2.05, 4.69) is 9.71 Å². The van der Waals surface area contributed by atoms with E-state index >= 15 is 0 Å². The number of rotatable bonds is 7. The molecule has 1 aliphatic rings. The highest BCUT2D eigenvalue weighted by atomic mass is 32.2. The van der Waals surface area contributed by atoms with Gasteiger partial charge in [0.15, 0.2) is 0 Å². The molecule has 0 spiro atoms. The standard InChI is InChI=1S/C14H26N4O3S/c1-12-13(2)17(11-15-12)9-6-16-22(19,20)18-7-4-14(5-8-18)10-21-3/h11,14,16H,4-10H2,1-3H3. The summed E-state index contributed by atoms with van der Waals surface area (Å²) < 4.78 is 35.9. The Kier molecular flexibility index (Phi) is 5.96. The van der Waals surface area contributed by atoms with E-state index in [1.165, 1.54) is 4.31 Å². The number of imidazole rings is 1. The summed E-state index contributed by atoms with van der Waals surface area (Å²) in [5.41, 5.74) is 2.04. The van der Waals surface area contributed by atoms with E-state index in [9.17, 15) is 8.42 Å². The number of nitrogens with one attached hydrogen (secondary N) is 1. The van der Waals surface area contributed by atoms with Gasteiger partial charge in [0.2, 0.25) is 0 Å². The van der Waals surface area contributed by atoms with E-state index in [1.54, 1.807) is 13.4 Å². The minimum atomic E-state index is -3.39. The molecule has 126 valence electrons. The van der Waals surface area contributed by atoms with Crippen molar-refractivity contribution in [3.8, 4) is 0 Å². The molecule has 0 unspecified atom stereocenters. The van der Waals surface area contributed by atoms with Crippen LogP contribution >= 0.6 is 0 Å². The predicted molar refractivity (Wildman–Crippen MR) is 84.8 cm³/mol. The van der Waals surface area contributed by atoms with Crippen LogP contribution in [0.25, 0.3) is 0 Å². The third-order valence-corrected chi connectivity index (χ3v) is 5.91. The van der Waals surface area contributed by atoms with Gasteiger partial charge >= 0.3 is 0 Å². The van der Waals surface area contributed by atoms with Crippen LogP contribution in [-0.2, 0) is 21.5 Å². The lowest BCUT2D eigenvalue weighted by Gasteiger charge is -2.30. The molecule has 0 aliphatic carbocycles. The highest BCUT2D eigenvalue weighted by molar-refractivity contribution is 7.87. The Morgan fingerprint density at radius 2 is 2.05 bits per heavy atom. The first-order valence-corrected chi connectivity index (χ1v) is 9.10. The summed E-state index contributed by atoms with van der Waals surface area (Å²) in [7, 11) is -1.70. The molecule has 1 aromatic rings. The van der Waals surface area contributed by atoms with Crippen molar-refractivity contribution in [2.45, 2.75) is 33.2 Å². The number of hydrogen-bond acceptors (Lipinski definition) is 4. The minimum absolute atomic E-state index is 0.372. The minimum Gasteiger partial charge on any atom is -0.384 e. The summed E-state index contributed by atoms with van der Waals surface area (Å²) in [6.45, 7) is 6.72.